The summed E-state index contributed by atoms with van der Waals surface area (Å²) in [6.45, 7) is 12.4. The van der Waals surface area contributed by atoms with Gasteiger partial charge in [-0.15, -0.1) is 0 Å². The zero-order chi connectivity index (χ0) is 14.8. The first-order chi connectivity index (χ1) is 8.49. The van der Waals surface area contributed by atoms with E-state index in [0.29, 0.717) is 6.54 Å². The fourth-order valence-corrected chi connectivity index (χ4v) is 2.21. The summed E-state index contributed by atoms with van der Waals surface area (Å²) in [5.74, 6) is 0. The highest BCUT2D eigenvalue weighted by molar-refractivity contribution is 9.10. The Bertz CT molecular complexity index is 453. The Kier molecular flexibility index (Phi) is 4.72. The molecule has 5 heteroatoms. The van der Waals surface area contributed by atoms with E-state index in [9.17, 15) is 4.79 Å². The molecular weight excluding hydrogens is 308 g/mol. The first kappa shape index (κ1) is 16.1. The number of ether oxygens (including phenoxy) is 1. The Balaban J connectivity index is 2.71. The number of aromatic nitrogens is 1. The molecule has 0 unspecified atom stereocenters. The Hall–Kier alpha value is -0.970. The topological polar surface area (TPSA) is 54.1 Å². The van der Waals surface area contributed by atoms with Crippen molar-refractivity contribution in [1.29, 1.82) is 0 Å². The van der Waals surface area contributed by atoms with Crippen molar-refractivity contribution >= 4 is 22.0 Å². The van der Waals surface area contributed by atoms with E-state index in [4.69, 9.17) is 4.74 Å². The molecule has 1 aromatic heterocycles. The molecule has 0 bridgehead atoms. The lowest BCUT2D eigenvalue weighted by atomic mass is 9.87. The maximum atomic E-state index is 11.6. The van der Waals surface area contributed by atoms with Crippen LogP contribution in [0.2, 0.25) is 0 Å². The van der Waals surface area contributed by atoms with Gasteiger partial charge < -0.3 is 15.0 Å². The minimum Gasteiger partial charge on any atom is -0.444 e. The molecule has 0 saturated heterocycles. The molecule has 19 heavy (non-hydrogen) atoms. The van der Waals surface area contributed by atoms with E-state index in [0.717, 1.165) is 10.3 Å². The zero-order valence-corrected chi connectivity index (χ0v) is 14.1. The number of aromatic amines is 1. The molecule has 1 rings (SSSR count). The fraction of sp³-hybridized carbons (Fsp3) is 0.643. The Morgan fingerprint density at radius 1 is 1.32 bits per heavy atom. The lowest BCUT2D eigenvalue weighted by Gasteiger charge is -2.21. The van der Waals surface area contributed by atoms with Gasteiger partial charge in [-0.2, -0.15) is 0 Å². The SMILES string of the molecule is CC(C)(C)OC(=O)NCc1[nH]c(Br)cc1C(C)(C)C. The van der Waals surface area contributed by atoms with E-state index >= 15 is 0 Å². The highest BCUT2D eigenvalue weighted by Gasteiger charge is 2.21. The molecule has 0 aromatic carbocycles. The highest BCUT2D eigenvalue weighted by atomic mass is 79.9. The standard InChI is InChI=1S/C14H23BrN2O2/c1-13(2,3)9-7-11(15)17-10(9)8-16-12(18)19-14(4,5)6/h7,17H,8H2,1-6H3,(H,16,18). The predicted octanol–water partition coefficient (Wildman–Crippen LogP) is 4.10. The molecule has 0 saturated carbocycles. The fourth-order valence-electron chi connectivity index (χ4n) is 1.74. The van der Waals surface area contributed by atoms with Crippen molar-refractivity contribution in [3.8, 4) is 0 Å². The predicted molar refractivity (Wildman–Crippen MR) is 80.3 cm³/mol. The number of halogens is 1. The van der Waals surface area contributed by atoms with Crippen LogP contribution in [0.25, 0.3) is 0 Å². The molecule has 108 valence electrons. The third kappa shape index (κ3) is 5.27. The van der Waals surface area contributed by atoms with Crippen molar-refractivity contribution in [2.45, 2.75) is 59.1 Å². The molecule has 0 spiro atoms. The maximum Gasteiger partial charge on any atom is 0.407 e. The van der Waals surface area contributed by atoms with E-state index in [-0.39, 0.29) is 5.41 Å². The number of nitrogens with one attached hydrogen (secondary N) is 2. The minimum absolute atomic E-state index is 0.0213. The van der Waals surface area contributed by atoms with Crippen LogP contribution in [0, 0.1) is 0 Å². The number of carbonyl (C=O) groups is 1. The largest absolute Gasteiger partial charge is 0.444 e. The number of carbonyl (C=O) groups excluding carboxylic acids is 1. The molecule has 2 N–H and O–H groups in total. The van der Waals surface area contributed by atoms with Gasteiger partial charge in [0.2, 0.25) is 0 Å². The summed E-state index contributed by atoms with van der Waals surface area (Å²) in [4.78, 5) is 14.9. The zero-order valence-electron chi connectivity index (χ0n) is 12.5. The number of H-pyrrole nitrogens is 1. The molecule has 1 aromatic rings. The number of rotatable bonds is 2. The van der Waals surface area contributed by atoms with E-state index in [1.54, 1.807) is 0 Å². The molecule has 0 fully saturated rings. The summed E-state index contributed by atoms with van der Waals surface area (Å²) in [7, 11) is 0. The van der Waals surface area contributed by atoms with Crippen LogP contribution in [0.1, 0.15) is 52.8 Å². The third-order valence-corrected chi connectivity index (χ3v) is 2.91. The lowest BCUT2D eigenvalue weighted by Crippen LogP contribution is -2.32. The van der Waals surface area contributed by atoms with Crippen molar-refractivity contribution in [3.63, 3.8) is 0 Å². The van der Waals surface area contributed by atoms with Crippen molar-refractivity contribution in [3.05, 3.63) is 21.9 Å². The van der Waals surface area contributed by atoms with Crippen LogP contribution in [0.15, 0.2) is 10.7 Å². The van der Waals surface area contributed by atoms with E-state index in [1.165, 1.54) is 5.56 Å². The normalized spacial score (nSPS) is 12.4. The second kappa shape index (κ2) is 5.57. The van der Waals surface area contributed by atoms with Gasteiger partial charge in [0, 0.05) is 5.69 Å². The highest BCUT2D eigenvalue weighted by Crippen LogP contribution is 2.28. The van der Waals surface area contributed by atoms with Crippen molar-refractivity contribution < 1.29 is 9.53 Å². The van der Waals surface area contributed by atoms with Gasteiger partial charge in [0.15, 0.2) is 0 Å². The first-order valence-corrected chi connectivity index (χ1v) is 7.13. The first-order valence-electron chi connectivity index (χ1n) is 6.34. The van der Waals surface area contributed by atoms with Crippen LogP contribution in [0.4, 0.5) is 4.79 Å². The van der Waals surface area contributed by atoms with Crippen molar-refractivity contribution in [1.82, 2.24) is 10.3 Å². The lowest BCUT2D eigenvalue weighted by molar-refractivity contribution is 0.0522. The molecule has 0 aliphatic heterocycles. The summed E-state index contributed by atoms with van der Waals surface area (Å²) in [6.07, 6.45) is -0.405. The molecule has 0 aliphatic carbocycles. The Morgan fingerprint density at radius 3 is 2.37 bits per heavy atom. The van der Waals surface area contributed by atoms with Crippen LogP contribution in [-0.2, 0) is 16.7 Å². The van der Waals surface area contributed by atoms with Gasteiger partial charge >= 0.3 is 6.09 Å². The average molecular weight is 331 g/mol. The van der Waals surface area contributed by atoms with Gasteiger partial charge in [-0.05, 0) is 53.7 Å². The van der Waals surface area contributed by atoms with Gasteiger partial charge in [-0.25, -0.2) is 4.79 Å². The third-order valence-electron chi connectivity index (χ3n) is 2.48. The van der Waals surface area contributed by atoms with Crippen molar-refractivity contribution in [2.75, 3.05) is 0 Å². The molecule has 1 heterocycles. The monoisotopic (exact) mass is 330 g/mol. The maximum absolute atomic E-state index is 11.6. The number of alkyl carbamates (subject to hydrolysis) is 1. The van der Waals surface area contributed by atoms with Gasteiger partial charge in [0.25, 0.3) is 0 Å². The van der Waals surface area contributed by atoms with E-state index in [1.807, 2.05) is 26.8 Å². The van der Waals surface area contributed by atoms with Gasteiger partial charge in [-0.1, -0.05) is 20.8 Å². The molecule has 1 amide bonds. The smallest absolute Gasteiger partial charge is 0.407 e. The number of amides is 1. The number of hydrogen-bond acceptors (Lipinski definition) is 2. The van der Waals surface area contributed by atoms with Gasteiger partial charge in [-0.3, -0.25) is 0 Å². The summed E-state index contributed by atoms with van der Waals surface area (Å²) < 4.78 is 6.13. The molecule has 0 radical (unpaired) electrons. The molecule has 0 atom stereocenters. The quantitative estimate of drug-likeness (QED) is 0.857. The second-order valence-electron chi connectivity index (χ2n) is 6.61. The summed E-state index contributed by atoms with van der Waals surface area (Å²) in [5, 5.41) is 2.77. The molecule has 4 nitrogen and oxygen atoms in total. The van der Waals surface area contributed by atoms with Gasteiger partial charge in [0.05, 0.1) is 11.1 Å². The van der Waals surface area contributed by atoms with Gasteiger partial charge in [0.1, 0.15) is 5.60 Å². The summed E-state index contributed by atoms with van der Waals surface area (Å²) >= 11 is 3.43. The average Bonchev–Trinajstić information content (AvgIpc) is 2.53. The second-order valence-corrected chi connectivity index (χ2v) is 7.47. The van der Waals surface area contributed by atoms with Crippen molar-refractivity contribution in [2.24, 2.45) is 0 Å². The summed E-state index contributed by atoms with van der Waals surface area (Å²) in [6, 6.07) is 2.05. The molecular formula is C14H23BrN2O2. The van der Waals surface area contributed by atoms with Crippen LogP contribution >= 0.6 is 15.9 Å². The van der Waals surface area contributed by atoms with E-state index < -0.39 is 11.7 Å². The number of hydrogen-bond donors (Lipinski definition) is 2. The summed E-state index contributed by atoms with van der Waals surface area (Å²) in [5.41, 5.74) is 1.71. The van der Waals surface area contributed by atoms with Crippen LogP contribution in [0.5, 0.6) is 0 Å². The Labute approximate surface area is 123 Å². The minimum atomic E-state index is -0.479. The van der Waals surface area contributed by atoms with Crippen LogP contribution < -0.4 is 5.32 Å². The molecule has 0 aliphatic rings. The van der Waals surface area contributed by atoms with Crippen LogP contribution in [-0.4, -0.2) is 16.7 Å². The Morgan fingerprint density at radius 2 is 1.89 bits per heavy atom. The van der Waals surface area contributed by atoms with E-state index in [2.05, 4.69) is 47.0 Å². The van der Waals surface area contributed by atoms with Crippen LogP contribution in [0.3, 0.4) is 0 Å².